The average molecular weight is 405 g/mol. The van der Waals surface area contributed by atoms with E-state index >= 15 is 0 Å². The average Bonchev–Trinajstić information content (AvgIpc) is 3.08. The molecule has 0 radical (unpaired) electrons. The van der Waals surface area contributed by atoms with E-state index in [4.69, 9.17) is 11.6 Å². The summed E-state index contributed by atoms with van der Waals surface area (Å²) in [6.45, 7) is 0.288. The number of nitrogens with zero attached hydrogens (tertiary/aromatic N) is 2. The number of benzene rings is 2. The number of halogens is 1. The fraction of sp³-hybridized carbons (Fsp3) is 0.111. The van der Waals surface area contributed by atoms with E-state index in [9.17, 15) is 13.2 Å². The van der Waals surface area contributed by atoms with Crippen LogP contribution in [-0.4, -0.2) is 30.4 Å². The standard InChI is InChI=1S/C18H17ClN4O3S/c1-27(25,26)22-16-4-2-3-14(9-16)18(24)20-10-13-11-21-23(12-13)17-7-5-15(19)6-8-17/h2-9,11-12,22H,10H2,1H3,(H,20,24). The second-order valence-electron chi connectivity index (χ2n) is 5.91. The van der Waals surface area contributed by atoms with Crippen LogP contribution in [0.2, 0.25) is 5.02 Å². The lowest BCUT2D eigenvalue weighted by Crippen LogP contribution is -2.22. The molecule has 0 unspecified atom stereocenters. The van der Waals surface area contributed by atoms with Gasteiger partial charge in [0.1, 0.15) is 0 Å². The van der Waals surface area contributed by atoms with E-state index < -0.39 is 10.0 Å². The highest BCUT2D eigenvalue weighted by Gasteiger charge is 2.09. The first-order valence-corrected chi connectivity index (χ1v) is 10.2. The van der Waals surface area contributed by atoms with Crippen LogP contribution in [-0.2, 0) is 16.6 Å². The van der Waals surface area contributed by atoms with Gasteiger partial charge in [0.2, 0.25) is 10.0 Å². The summed E-state index contributed by atoms with van der Waals surface area (Å²) in [5, 5.41) is 7.70. The smallest absolute Gasteiger partial charge is 0.251 e. The third-order valence-corrected chi connectivity index (χ3v) is 4.47. The van der Waals surface area contributed by atoms with Crippen molar-refractivity contribution >= 4 is 33.2 Å². The molecule has 27 heavy (non-hydrogen) atoms. The Morgan fingerprint density at radius 1 is 1.19 bits per heavy atom. The molecule has 0 saturated heterocycles. The molecule has 0 aliphatic rings. The fourth-order valence-electron chi connectivity index (χ4n) is 2.41. The molecule has 0 bridgehead atoms. The molecule has 2 N–H and O–H groups in total. The first-order chi connectivity index (χ1) is 12.8. The lowest BCUT2D eigenvalue weighted by Gasteiger charge is -2.07. The van der Waals surface area contributed by atoms with Gasteiger partial charge < -0.3 is 5.32 Å². The molecule has 140 valence electrons. The number of carbonyl (C=O) groups is 1. The number of carbonyl (C=O) groups excluding carboxylic acids is 1. The number of hydrogen-bond acceptors (Lipinski definition) is 4. The second-order valence-corrected chi connectivity index (χ2v) is 8.09. The Morgan fingerprint density at radius 3 is 2.63 bits per heavy atom. The van der Waals surface area contributed by atoms with E-state index in [-0.39, 0.29) is 12.5 Å². The van der Waals surface area contributed by atoms with Crippen LogP contribution in [0.5, 0.6) is 0 Å². The molecule has 9 heteroatoms. The van der Waals surface area contributed by atoms with Gasteiger partial charge in [0.15, 0.2) is 0 Å². The van der Waals surface area contributed by atoms with Crippen molar-refractivity contribution in [2.75, 3.05) is 11.0 Å². The van der Waals surface area contributed by atoms with Crippen molar-refractivity contribution in [3.8, 4) is 5.69 Å². The molecule has 3 rings (SSSR count). The van der Waals surface area contributed by atoms with Crippen LogP contribution in [0, 0.1) is 0 Å². The van der Waals surface area contributed by atoms with Crippen LogP contribution in [0.15, 0.2) is 60.9 Å². The largest absolute Gasteiger partial charge is 0.348 e. The molecule has 1 aromatic heterocycles. The maximum absolute atomic E-state index is 12.3. The molecular weight excluding hydrogens is 388 g/mol. The molecule has 3 aromatic rings. The summed E-state index contributed by atoms with van der Waals surface area (Å²) in [6.07, 6.45) is 4.53. The second kappa shape index (κ2) is 7.81. The minimum atomic E-state index is -3.40. The van der Waals surface area contributed by atoms with Crippen molar-refractivity contribution in [3.63, 3.8) is 0 Å². The summed E-state index contributed by atoms with van der Waals surface area (Å²) in [5.41, 5.74) is 2.37. The van der Waals surface area contributed by atoms with Crippen LogP contribution in [0.25, 0.3) is 5.69 Å². The van der Waals surface area contributed by atoms with Gasteiger partial charge in [0.25, 0.3) is 5.91 Å². The molecule has 0 aliphatic carbocycles. The highest BCUT2D eigenvalue weighted by atomic mass is 35.5. The van der Waals surface area contributed by atoms with Gasteiger partial charge in [-0.05, 0) is 42.5 Å². The van der Waals surface area contributed by atoms with E-state index in [1.165, 1.54) is 6.07 Å². The number of hydrogen-bond donors (Lipinski definition) is 2. The number of amides is 1. The summed E-state index contributed by atoms with van der Waals surface area (Å²) < 4.78 is 26.6. The highest BCUT2D eigenvalue weighted by molar-refractivity contribution is 7.92. The Bertz CT molecular complexity index is 1060. The third-order valence-electron chi connectivity index (χ3n) is 3.61. The lowest BCUT2D eigenvalue weighted by molar-refractivity contribution is 0.0951. The molecule has 0 saturated carbocycles. The summed E-state index contributed by atoms with van der Waals surface area (Å²) in [5.74, 6) is -0.314. The molecular formula is C18H17ClN4O3S. The minimum Gasteiger partial charge on any atom is -0.348 e. The van der Waals surface area contributed by atoms with Crippen LogP contribution in [0.1, 0.15) is 15.9 Å². The summed E-state index contributed by atoms with van der Waals surface area (Å²) >= 11 is 5.88. The number of nitrogens with one attached hydrogen (secondary N) is 2. The summed E-state index contributed by atoms with van der Waals surface area (Å²) in [6, 6.07) is 13.5. The Labute approximate surface area is 162 Å². The van der Waals surface area contributed by atoms with E-state index in [1.807, 2.05) is 18.3 Å². The zero-order chi connectivity index (χ0) is 19.4. The molecule has 1 heterocycles. The molecule has 0 aliphatic heterocycles. The summed E-state index contributed by atoms with van der Waals surface area (Å²) in [4.78, 5) is 12.3. The van der Waals surface area contributed by atoms with Crippen LogP contribution in [0.4, 0.5) is 5.69 Å². The van der Waals surface area contributed by atoms with Gasteiger partial charge in [0.05, 0.1) is 18.1 Å². The minimum absolute atomic E-state index is 0.288. The van der Waals surface area contributed by atoms with Crippen LogP contribution >= 0.6 is 11.6 Å². The van der Waals surface area contributed by atoms with Gasteiger partial charge in [-0.3, -0.25) is 9.52 Å². The van der Waals surface area contributed by atoms with Gasteiger partial charge in [-0.15, -0.1) is 0 Å². The van der Waals surface area contributed by atoms with Gasteiger partial charge in [0, 0.05) is 34.6 Å². The van der Waals surface area contributed by atoms with Crippen molar-refractivity contribution in [2.24, 2.45) is 0 Å². The first-order valence-electron chi connectivity index (χ1n) is 7.96. The molecule has 0 fully saturated rings. The maximum atomic E-state index is 12.3. The number of rotatable bonds is 6. The van der Waals surface area contributed by atoms with Gasteiger partial charge >= 0.3 is 0 Å². The number of anilines is 1. The van der Waals surface area contributed by atoms with Gasteiger partial charge in [-0.25, -0.2) is 13.1 Å². The van der Waals surface area contributed by atoms with E-state index in [2.05, 4.69) is 15.1 Å². The van der Waals surface area contributed by atoms with Crippen molar-refractivity contribution in [3.05, 3.63) is 77.1 Å². The van der Waals surface area contributed by atoms with Crippen molar-refractivity contribution in [1.82, 2.24) is 15.1 Å². The molecule has 7 nitrogen and oxygen atoms in total. The Hall–Kier alpha value is -2.84. The zero-order valence-electron chi connectivity index (χ0n) is 14.4. The molecule has 1 amide bonds. The van der Waals surface area contributed by atoms with Crippen molar-refractivity contribution in [2.45, 2.75) is 6.54 Å². The monoisotopic (exact) mass is 404 g/mol. The van der Waals surface area contributed by atoms with E-state index in [0.717, 1.165) is 17.5 Å². The first kappa shape index (κ1) is 18.9. The lowest BCUT2D eigenvalue weighted by atomic mass is 10.2. The predicted octanol–water partition coefficient (Wildman–Crippen LogP) is 2.83. The predicted molar refractivity (Wildman–Crippen MR) is 105 cm³/mol. The van der Waals surface area contributed by atoms with E-state index in [1.54, 1.807) is 41.2 Å². The number of aromatic nitrogens is 2. The Morgan fingerprint density at radius 2 is 1.93 bits per heavy atom. The van der Waals surface area contributed by atoms with Crippen molar-refractivity contribution in [1.29, 1.82) is 0 Å². The normalized spacial score (nSPS) is 11.2. The topological polar surface area (TPSA) is 93.1 Å². The summed E-state index contributed by atoms with van der Waals surface area (Å²) in [7, 11) is -3.40. The molecule has 0 atom stereocenters. The maximum Gasteiger partial charge on any atom is 0.251 e. The van der Waals surface area contributed by atoms with E-state index in [0.29, 0.717) is 16.3 Å². The highest BCUT2D eigenvalue weighted by Crippen LogP contribution is 2.14. The SMILES string of the molecule is CS(=O)(=O)Nc1cccc(C(=O)NCc2cnn(-c3ccc(Cl)cc3)c2)c1. The Balaban J connectivity index is 1.64. The molecule has 0 spiro atoms. The quantitative estimate of drug-likeness (QED) is 0.660. The van der Waals surface area contributed by atoms with Gasteiger partial charge in [-0.2, -0.15) is 5.10 Å². The Kier molecular flexibility index (Phi) is 5.48. The van der Waals surface area contributed by atoms with Crippen molar-refractivity contribution < 1.29 is 13.2 Å². The van der Waals surface area contributed by atoms with Crippen LogP contribution in [0.3, 0.4) is 0 Å². The fourth-order valence-corrected chi connectivity index (χ4v) is 3.09. The zero-order valence-corrected chi connectivity index (χ0v) is 16.0. The van der Waals surface area contributed by atoms with Crippen LogP contribution < -0.4 is 10.0 Å². The third kappa shape index (κ3) is 5.32. The molecule has 2 aromatic carbocycles. The van der Waals surface area contributed by atoms with Gasteiger partial charge in [-0.1, -0.05) is 17.7 Å². The number of sulfonamides is 1.